The molecule has 0 aliphatic rings. The fourth-order valence-corrected chi connectivity index (χ4v) is 3.47. The largest absolute Gasteiger partial charge is 0.387 e. The number of amides is 1. The van der Waals surface area contributed by atoms with Crippen molar-refractivity contribution < 1.29 is 14.3 Å². The van der Waals surface area contributed by atoms with Crippen LogP contribution >= 0.6 is 11.3 Å². The predicted octanol–water partition coefficient (Wildman–Crippen LogP) is 4.02. The van der Waals surface area contributed by atoms with Gasteiger partial charge in [-0.25, -0.2) is 4.39 Å². The molecule has 1 aromatic carbocycles. The molecule has 0 saturated heterocycles. The number of hydrogen-bond acceptors (Lipinski definition) is 6. The van der Waals surface area contributed by atoms with Crippen LogP contribution in [0.15, 0.2) is 36.1 Å². The van der Waals surface area contributed by atoms with E-state index in [1.54, 1.807) is 11.7 Å². The highest BCUT2D eigenvalue weighted by Gasteiger charge is 2.27. The van der Waals surface area contributed by atoms with Gasteiger partial charge in [0, 0.05) is 23.8 Å². The summed E-state index contributed by atoms with van der Waals surface area (Å²) in [5, 5.41) is 16.4. The minimum atomic E-state index is -1.58. The number of thiazole rings is 1. The fourth-order valence-electron chi connectivity index (χ4n) is 2.85. The lowest BCUT2D eigenvalue weighted by molar-refractivity contribution is -0.00177. The van der Waals surface area contributed by atoms with Gasteiger partial charge in [-0.05, 0) is 45.4 Å². The highest BCUT2D eigenvalue weighted by molar-refractivity contribution is 7.13. The Labute approximate surface area is 173 Å². The summed E-state index contributed by atoms with van der Waals surface area (Å²) in [5.41, 5.74) is 2.95. The molecule has 1 atom stereocenters. The summed E-state index contributed by atoms with van der Waals surface area (Å²) in [4.78, 5) is 22.3. The number of anilines is 1. The van der Waals surface area contributed by atoms with Gasteiger partial charge in [-0.3, -0.25) is 14.8 Å². The van der Waals surface area contributed by atoms with Crippen molar-refractivity contribution >= 4 is 33.8 Å². The summed E-state index contributed by atoms with van der Waals surface area (Å²) in [7, 11) is 0. The first-order valence-electron chi connectivity index (χ1n) is 9.39. The van der Waals surface area contributed by atoms with Crippen LogP contribution in [0.2, 0.25) is 0 Å². The smallest absolute Gasteiger partial charge is 0.255 e. The Balaban J connectivity index is 2.00. The van der Waals surface area contributed by atoms with Gasteiger partial charge in [-0.1, -0.05) is 6.07 Å². The highest BCUT2D eigenvalue weighted by atomic mass is 32.1. The average Bonchev–Trinajstić information content (AvgIpc) is 3.19. The second-order valence-corrected chi connectivity index (χ2v) is 8.66. The molecule has 0 aliphatic heterocycles. The van der Waals surface area contributed by atoms with E-state index in [0.29, 0.717) is 11.3 Å². The zero-order chi connectivity index (χ0) is 21.2. The van der Waals surface area contributed by atoms with E-state index in [0.717, 1.165) is 21.3 Å². The summed E-state index contributed by atoms with van der Waals surface area (Å²) in [5.74, 6) is -0.447. The third kappa shape index (κ3) is 4.89. The number of carbonyl (C=O) groups is 1. The van der Waals surface area contributed by atoms with Gasteiger partial charge in [0.1, 0.15) is 6.17 Å². The minimum absolute atomic E-state index is 0.0736. The van der Waals surface area contributed by atoms with Gasteiger partial charge in [0.15, 0.2) is 0 Å². The Morgan fingerprint density at radius 1 is 1.31 bits per heavy atom. The van der Waals surface area contributed by atoms with Crippen LogP contribution < -0.4 is 10.6 Å². The lowest BCUT2D eigenvalue weighted by Gasteiger charge is -2.23. The van der Waals surface area contributed by atoms with Crippen molar-refractivity contribution in [1.29, 1.82) is 0 Å². The summed E-state index contributed by atoms with van der Waals surface area (Å²) < 4.78 is 14.1. The molecule has 2 aromatic heterocycles. The third-order valence-electron chi connectivity index (χ3n) is 4.47. The second-order valence-electron chi connectivity index (χ2n) is 7.77. The molecule has 1 unspecified atom stereocenters. The van der Waals surface area contributed by atoms with Crippen LogP contribution in [0.5, 0.6) is 0 Å². The number of hydrogen-bond donors (Lipinski definition) is 3. The van der Waals surface area contributed by atoms with Crippen molar-refractivity contribution in [2.24, 2.45) is 0 Å². The van der Waals surface area contributed by atoms with E-state index < -0.39 is 17.7 Å². The molecular weight excluding hydrogens is 391 g/mol. The second kappa shape index (κ2) is 8.42. The van der Waals surface area contributed by atoms with Crippen molar-refractivity contribution in [2.45, 2.75) is 45.5 Å². The molecule has 1 amide bonds. The van der Waals surface area contributed by atoms with Crippen LogP contribution in [-0.2, 0) is 0 Å². The number of carbonyl (C=O) groups excluding carboxylic acids is 1. The van der Waals surface area contributed by atoms with E-state index in [4.69, 9.17) is 0 Å². The summed E-state index contributed by atoms with van der Waals surface area (Å²) >= 11 is 1.53. The van der Waals surface area contributed by atoms with Crippen LogP contribution in [-0.4, -0.2) is 45.3 Å². The molecule has 8 heteroatoms. The number of alkyl halides is 1. The van der Waals surface area contributed by atoms with Crippen LogP contribution in [0.25, 0.3) is 21.3 Å². The van der Waals surface area contributed by atoms with Crippen molar-refractivity contribution in [1.82, 2.24) is 15.3 Å². The zero-order valence-corrected chi connectivity index (χ0v) is 17.7. The van der Waals surface area contributed by atoms with Crippen molar-refractivity contribution in [3.8, 4) is 10.4 Å². The predicted molar refractivity (Wildman–Crippen MR) is 115 cm³/mol. The number of nitrogens with one attached hydrogen (secondary N) is 2. The molecule has 3 aromatic rings. The molecule has 0 bridgehead atoms. The van der Waals surface area contributed by atoms with E-state index in [1.807, 2.05) is 32.0 Å². The van der Waals surface area contributed by atoms with Gasteiger partial charge in [0.25, 0.3) is 5.91 Å². The molecule has 0 spiro atoms. The lowest BCUT2D eigenvalue weighted by Crippen LogP contribution is -2.42. The summed E-state index contributed by atoms with van der Waals surface area (Å²) in [6, 6.07) is 5.93. The Bertz CT molecular complexity index is 1000. The number of fused-ring (bicyclic) bond motifs is 1. The van der Waals surface area contributed by atoms with Crippen molar-refractivity contribution in [2.75, 3.05) is 11.9 Å². The Morgan fingerprint density at radius 3 is 2.69 bits per heavy atom. The summed E-state index contributed by atoms with van der Waals surface area (Å²) in [6.07, 6.45) is 1.70. The maximum absolute atomic E-state index is 14.1. The van der Waals surface area contributed by atoms with E-state index >= 15 is 0 Å². The van der Waals surface area contributed by atoms with Crippen LogP contribution in [0, 0.1) is 0 Å². The number of aliphatic hydroxyl groups is 1. The molecule has 154 valence electrons. The molecule has 6 nitrogen and oxygen atoms in total. The first-order valence-corrected chi connectivity index (χ1v) is 10.3. The average molecular weight is 417 g/mol. The maximum Gasteiger partial charge on any atom is 0.255 e. The van der Waals surface area contributed by atoms with Gasteiger partial charge >= 0.3 is 0 Å². The molecule has 3 N–H and O–H groups in total. The molecule has 0 aliphatic carbocycles. The molecule has 29 heavy (non-hydrogen) atoms. The quantitative estimate of drug-likeness (QED) is 0.542. The molecule has 3 rings (SSSR count). The fraction of sp³-hybridized carbons (Fsp3) is 0.381. The Hall–Kier alpha value is -2.58. The Kier molecular flexibility index (Phi) is 6.14. The SMILES string of the molecule is CC(C)Nc1c(C(=O)NCC(F)C(C)(C)O)cnc2ccc(-c3cncs3)cc12. The van der Waals surface area contributed by atoms with Crippen molar-refractivity contribution in [3.05, 3.63) is 41.7 Å². The lowest BCUT2D eigenvalue weighted by atomic mass is 10.0. The molecular formula is C21H25FN4O2S. The Morgan fingerprint density at radius 2 is 2.07 bits per heavy atom. The monoisotopic (exact) mass is 416 g/mol. The highest BCUT2D eigenvalue weighted by Crippen LogP contribution is 2.32. The minimum Gasteiger partial charge on any atom is -0.387 e. The maximum atomic E-state index is 14.1. The van der Waals surface area contributed by atoms with Gasteiger partial charge in [0.2, 0.25) is 0 Å². The van der Waals surface area contributed by atoms with Crippen LogP contribution in [0.1, 0.15) is 38.1 Å². The zero-order valence-electron chi connectivity index (χ0n) is 16.9. The normalized spacial score (nSPS) is 12.9. The van der Waals surface area contributed by atoms with E-state index in [1.165, 1.54) is 31.4 Å². The number of nitrogens with zero attached hydrogens (tertiary/aromatic N) is 2. The molecule has 0 radical (unpaired) electrons. The molecule has 0 saturated carbocycles. The topological polar surface area (TPSA) is 87.1 Å². The summed E-state index contributed by atoms with van der Waals surface area (Å²) in [6.45, 7) is 6.41. The van der Waals surface area contributed by atoms with Crippen LogP contribution in [0.4, 0.5) is 10.1 Å². The first kappa shape index (κ1) is 21.1. The van der Waals surface area contributed by atoms with Gasteiger partial charge in [-0.15, -0.1) is 11.3 Å². The standard InChI is InChI=1S/C21H25FN4O2S/c1-12(2)26-19-14-7-13(17-9-23-11-29-17)5-6-16(14)24-8-15(19)20(27)25-10-18(22)21(3,4)28/h5-9,11-12,18,28H,10H2,1-4H3,(H,24,26)(H,25,27). The van der Waals surface area contributed by atoms with Crippen LogP contribution in [0.3, 0.4) is 0 Å². The number of rotatable bonds is 7. The van der Waals surface area contributed by atoms with Crippen molar-refractivity contribution in [3.63, 3.8) is 0 Å². The number of aromatic nitrogens is 2. The number of pyridine rings is 1. The van der Waals surface area contributed by atoms with E-state index in [2.05, 4.69) is 20.6 Å². The van der Waals surface area contributed by atoms with E-state index in [9.17, 15) is 14.3 Å². The molecule has 0 fully saturated rings. The third-order valence-corrected chi connectivity index (χ3v) is 5.29. The van der Waals surface area contributed by atoms with Gasteiger partial charge in [0.05, 0.1) is 39.3 Å². The first-order chi connectivity index (χ1) is 13.7. The number of halogens is 1. The van der Waals surface area contributed by atoms with E-state index in [-0.39, 0.29) is 12.6 Å². The molecule has 2 heterocycles. The van der Waals surface area contributed by atoms with Gasteiger partial charge < -0.3 is 15.7 Å². The van der Waals surface area contributed by atoms with Gasteiger partial charge in [-0.2, -0.15) is 0 Å². The number of benzene rings is 1.